The Bertz CT molecular complexity index is 564. The van der Waals surface area contributed by atoms with Crippen LogP contribution in [-0.2, 0) is 9.84 Å². The summed E-state index contributed by atoms with van der Waals surface area (Å²) in [5.41, 5.74) is 0.591. The maximum Gasteiger partial charge on any atom is 0.335 e. The fraction of sp³-hybridized carbons (Fsp3) is 0.462. The number of hydrogen-bond acceptors (Lipinski definition) is 4. The number of carbonyl (C=O) groups is 1. The first-order valence-electron chi connectivity index (χ1n) is 5.95. The second-order valence-corrected chi connectivity index (χ2v) is 6.87. The Kier molecular flexibility index (Phi) is 5.08. The molecule has 0 heterocycles. The Morgan fingerprint density at radius 3 is 2.47 bits per heavy atom. The van der Waals surface area contributed by atoms with Gasteiger partial charge in [0.15, 0.2) is 9.84 Å². The van der Waals surface area contributed by atoms with Crippen molar-refractivity contribution in [1.29, 1.82) is 0 Å². The number of carboxylic acids is 1. The van der Waals surface area contributed by atoms with Gasteiger partial charge in [-0.2, -0.15) is 0 Å². The monoisotopic (exact) mass is 285 g/mol. The molecule has 1 aromatic carbocycles. The number of hydrogen-bond donors (Lipinski definition) is 1. The zero-order valence-corrected chi connectivity index (χ0v) is 12.2. The highest BCUT2D eigenvalue weighted by Gasteiger charge is 2.17. The Labute approximate surface area is 113 Å². The second kappa shape index (κ2) is 6.16. The molecule has 19 heavy (non-hydrogen) atoms. The lowest BCUT2D eigenvalue weighted by Crippen LogP contribution is -2.17. The number of benzene rings is 1. The summed E-state index contributed by atoms with van der Waals surface area (Å²) in [7, 11) is 0.333. The average Bonchev–Trinajstić information content (AvgIpc) is 2.27. The van der Waals surface area contributed by atoms with Gasteiger partial charge in [0.2, 0.25) is 0 Å². The topological polar surface area (TPSA) is 74.7 Å². The van der Waals surface area contributed by atoms with E-state index >= 15 is 0 Å². The van der Waals surface area contributed by atoms with Gasteiger partial charge in [-0.3, -0.25) is 0 Å². The molecule has 1 rings (SSSR count). The zero-order chi connectivity index (χ0) is 14.6. The third kappa shape index (κ3) is 4.33. The molecule has 0 spiro atoms. The van der Waals surface area contributed by atoms with Gasteiger partial charge in [-0.1, -0.05) is 6.07 Å². The molecule has 1 N–H and O–H groups in total. The van der Waals surface area contributed by atoms with Gasteiger partial charge in [-0.05, 0) is 51.7 Å². The summed E-state index contributed by atoms with van der Waals surface area (Å²) in [4.78, 5) is 13.0. The van der Waals surface area contributed by atoms with E-state index in [2.05, 4.69) is 0 Å². The van der Waals surface area contributed by atoms with Crippen LogP contribution in [0.3, 0.4) is 0 Å². The summed E-state index contributed by atoms with van der Waals surface area (Å²) >= 11 is 0. The van der Waals surface area contributed by atoms with Gasteiger partial charge in [-0.25, -0.2) is 13.2 Å². The first-order chi connectivity index (χ1) is 8.74. The van der Waals surface area contributed by atoms with Crippen molar-refractivity contribution in [3.8, 4) is 0 Å². The van der Waals surface area contributed by atoms with E-state index in [1.807, 2.05) is 19.0 Å². The molecule has 0 aliphatic carbocycles. The van der Waals surface area contributed by atoms with Crippen LogP contribution in [0.2, 0.25) is 0 Å². The van der Waals surface area contributed by atoms with Crippen molar-refractivity contribution in [2.75, 3.05) is 26.4 Å². The number of nitrogens with zero attached hydrogens (tertiary/aromatic N) is 1. The van der Waals surface area contributed by atoms with E-state index in [9.17, 15) is 13.2 Å². The Morgan fingerprint density at radius 2 is 1.95 bits per heavy atom. The van der Waals surface area contributed by atoms with E-state index in [0.717, 1.165) is 0 Å². The Morgan fingerprint density at radius 1 is 1.32 bits per heavy atom. The van der Waals surface area contributed by atoms with Crippen LogP contribution in [0.25, 0.3) is 0 Å². The average molecular weight is 285 g/mol. The van der Waals surface area contributed by atoms with E-state index in [-0.39, 0.29) is 16.2 Å². The molecule has 0 atom stereocenters. The molecule has 6 heteroatoms. The molecule has 106 valence electrons. The van der Waals surface area contributed by atoms with Crippen LogP contribution in [-0.4, -0.2) is 50.8 Å². The smallest absolute Gasteiger partial charge is 0.335 e. The van der Waals surface area contributed by atoms with Crippen molar-refractivity contribution in [2.24, 2.45) is 0 Å². The van der Waals surface area contributed by atoms with E-state index in [1.54, 1.807) is 6.92 Å². The van der Waals surface area contributed by atoms with Crippen LogP contribution in [0.1, 0.15) is 22.3 Å². The zero-order valence-electron chi connectivity index (χ0n) is 11.4. The maximum atomic E-state index is 12.1. The van der Waals surface area contributed by atoms with Crippen molar-refractivity contribution >= 4 is 15.8 Å². The summed E-state index contributed by atoms with van der Waals surface area (Å²) in [6, 6.07) is 4.23. The van der Waals surface area contributed by atoms with Crippen LogP contribution in [0.5, 0.6) is 0 Å². The molecule has 0 aliphatic heterocycles. The van der Waals surface area contributed by atoms with Crippen LogP contribution < -0.4 is 0 Å². The largest absolute Gasteiger partial charge is 0.478 e. The highest BCUT2D eigenvalue weighted by atomic mass is 32.2. The van der Waals surface area contributed by atoms with Gasteiger partial charge in [0.1, 0.15) is 0 Å². The van der Waals surface area contributed by atoms with Crippen molar-refractivity contribution in [3.05, 3.63) is 29.3 Å². The van der Waals surface area contributed by atoms with Gasteiger partial charge in [0, 0.05) is 0 Å². The summed E-state index contributed by atoms with van der Waals surface area (Å²) in [6.45, 7) is 2.32. The molecule has 0 aliphatic rings. The molecule has 5 nitrogen and oxygen atoms in total. The fourth-order valence-corrected chi connectivity index (χ4v) is 3.03. The lowest BCUT2D eigenvalue weighted by molar-refractivity contribution is 0.0696. The Hall–Kier alpha value is -1.40. The first-order valence-corrected chi connectivity index (χ1v) is 7.60. The number of sulfone groups is 1. The van der Waals surface area contributed by atoms with Crippen molar-refractivity contribution in [1.82, 2.24) is 4.90 Å². The Balaban J connectivity index is 2.96. The first kappa shape index (κ1) is 15.7. The number of carboxylic acid groups (broad SMARTS) is 1. The van der Waals surface area contributed by atoms with Gasteiger partial charge in [0.05, 0.1) is 16.2 Å². The molecular weight excluding hydrogens is 266 g/mol. The lowest BCUT2D eigenvalue weighted by atomic mass is 10.1. The summed E-state index contributed by atoms with van der Waals surface area (Å²) in [5, 5.41) is 9.00. The molecule has 1 aromatic rings. The van der Waals surface area contributed by atoms with Crippen molar-refractivity contribution in [3.63, 3.8) is 0 Å². The molecule has 0 saturated carbocycles. The fourth-order valence-electron chi connectivity index (χ4n) is 1.71. The van der Waals surface area contributed by atoms with E-state index in [0.29, 0.717) is 18.5 Å². The minimum atomic E-state index is -3.42. The maximum absolute atomic E-state index is 12.1. The van der Waals surface area contributed by atoms with Crippen LogP contribution >= 0.6 is 0 Å². The quantitative estimate of drug-likeness (QED) is 0.855. The normalized spacial score (nSPS) is 11.8. The van der Waals surface area contributed by atoms with E-state index in [1.165, 1.54) is 18.2 Å². The molecule has 0 aromatic heterocycles. The van der Waals surface area contributed by atoms with Crippen molar-refractivity contribution < 1.29 is 18.3 Å². The summed E-state index contributed by atoms with van der Waals surface area (Å²) in [5.74, 6) is -1.09. The SMILES string of the molecule is Cc1ccc(S(=O)(=O)CCCN(C)C)cc1C(=O)O. The molecule has 0 bridgehead atoms. The van der Waals surface area contributed by atoms with Crippen LogP contribution in [0.15, 0.2) is 23.1 Å². The minimum absolute atomic E-state index is 0.0211. The van der Waals surface area contributed by atoms with Gasteiger partial charge < -0.3 is 10.0 Å². The predicted octanol–water partition coefficient (Wildman–Crippen LogP) is 1.42. The molecule has 0 saturated heterocycles. The van der Waals surface area contributed by atoms with Crippen LogP contribution in [0, 0.1) is 6.92 Å². The number of aromatic carboxylic acids is 1. The van der Waals surface area contributed by atoms with Gasteiger partial charge in [0.25, 0.3) is 0 Å². The third-order valence-corrected chi connectivity index (χ3v) is 4.62. The highest BCUT2D eigenvalue weighted by Crippen LogP contribution is 2.17. The van der Waals surface area contributed by atoms with E-state index in [4.69, 9.17) is 5.11 Å². The molecule has 0 unspecified atom stereocenters. The number of aryl methyl sites for hydroxylation is 1. The van der Waals surface area contributed by atoms with Crippen molar-refractivity contribution in [2.45, 2.75) is 18.2 Å². The lowest BCUT2D eigenvalue weighted by Gasteiger charge is -2.10. The summed E-state index contributed by atoms with van der Waals surface area (Å²) < 4.78 is 24.2. The predicted molar refractivity (Wildman–Crippen MR) is 73.4 cm³/mol. The second-order valence-electron chi connectivity index (χ2n) is 4.76. The molecular formula is C13H19NO4S. The number of rotatable bonds is 6. The highest BCUT2D eigenvalue weighted by molar-refractivity contribution is 7.91. The van der Waals surface area contributed by atoms with Gasteiger partial charge in [-0.15, -0.1) is 0 Å². The molecule has 0 radical (unpaired) electrons. The van der Waals surface area contributed by atoms with E-state index < -0.39 is 15.8 Å². The molecule has 0 amide bonds. The van der Waals surface area contributed by atoms with Gasteiger partial charge >= 0.3 is 5.97 Å². The van der Waals surface area contributed by atoms with Crippen LogP contribution in [0.4, 0.5) is 0 Å². The standard InChI is InChI=1S/C13H19NO4S/c1-10-5-6-11(9-12(10)13(15)16)19(17,18)8-4-7-14(2)3/h5-6,9H,4,7-8H2,1-3H3,(H,15,16). The summed E-state index contributed by atoms with van der Waals surface area (Å²) in [6.07, 6.45) is 0.519. The molecule has 0 fully saturated rings. The third-order valence-electron chi connectivity index (χ3n) is 2.82. The minimum Gasteiger partial charge on any atom is -0.478 e.